The van der Waals surface area contributed by atoms with Gasteiger partial charge < -0.3 is 0 Å². The van der Waals surface area contributed by atoms with Crippen molar-refractivity contribution in [2.24, 2.45) is 5.92 Å². The quantitative estimate of drug-likeness (QED) is 0.776. The number of thioether (sulfide) groups is 1. The van der Waals surface area contributed by atoms with Crippen molar-refractivity contribution in [2.45, 2.75) is 37.7 Å². The maximum absolute atomic E-state index is 4.10. The van der Waals surface area contributed by atoms with Crippen LogP contribution in [0.1, 0.15) is 31.6 Å². The van der Waals surface area contributed by atoms with E-state index in [-0.39, 0.29) is 0 Å². The van der Waals surface area contributed by atoms with Gasteiger partial charge in [0.05, 0.1) is 0 Å². The molecule has 0 radical (unpaired) electrons. The summed E-state index contributed by atoms with van der Waals surface area (Å²) < 4.78 is 1.88. The average molecular weight is 262 g/mol. The van der Waals surface area contributed by atoms with Gasteiger partial charge in [-0.25, -0.2) is 4.68 Å². The zero-order valence-corrected chi connectivity index (χ0v) is 11.8. The Morgan fingerprint density at radius 3 is 2.56 bits per heavy atom. The van der Waals surface area contributed by atoms with Crippen molar-refractivity contribution in [3.63, 3.8) is 0 Å². The van der Waals surface area contributed by atoms with Gasteiger partial charge in [-0.05, 0) is 28.8 Å². The molecule has 0 aliphatic rings. The van der Waals surface area contributed by atoms with Crippen molar-refractivity contribution >= 4 is 11.8 Å². The van der Waals surface area contributed by atoms with E-state index in [1.54, 1.807) is 11.8 Å². The number of rotatable bonds is 5. The van der Waals surface area contributed by atoms with Crippen molar-refractivity contribution in [3.8, 4) is 0 Å². The van der Waals surface area contributed by atoms with Gasteiger partial charge in [0.1, 0.15) is 0 Å². The number of benzene rings is 1. The van der Waals surface area contributed by atoms with Crippen molar-refractivity contribution in [1.29, 1.82) is 0 Å². The van der Waals surface area contributed by atoms with Gasteiger partial charge in [0, 0.05) is 11.8 Å². The van der Waals surface area contributed by atoms with Gasteiger partial charge >= 0.3 is 0 Å². The minimum Gasteiger partial charge on any atom is -0.220 e. The summed E-state index contributed by atoms with van der Waals surface area (Å²) in [5.41, 5.74) is 1.29. The van der Waals surface area contributed by atoms with E-state index in [1.165, 1.54) is 5.56 Å². The summed E-state index contributed by atoms with van der Waals surface area (Å²) >= 11 is 1.70. The second-order valence-electron chi connectivity index (χ2n) is 4.71. The van der Waals surface area contributed by atoms with Gasteiger partial charge in [0.25, 0.3) is 0 Å². The minimum atomic E-state index is 0.350. The van der Waals surface area contributed by atoms with Crippen molar-refractivity contribution in [3.05, 3.63) is 35.9 Å². The molecule has 2 rings (SSSR count). The Hall–Kier alpha value is -1.36. The first-order valence-corrected chi connectivity index (χ1v) is 7.02. The van der Waals surface area contributed by atoms with Gasteiger partial charge in [-0.3, -0.25) is 0 Å². The lowest BCUT2D eigenvalue weighted by Gasteiger charge is -2.11. The molecule has 0 aliphatic heterocycles. The highest BCUT2D eigenvalue weighted by Gasteiger charge is 2.13. The highest BCUT2D eigenvalue weighted by molar-refractivity contribution is 7.99. The molecule has 96 valence electrons. The second-order valence-corrected chi connectivity index (χ2v) is 6.02. The molecule has 0 aliphatic carbocycles. The largest absolute Gasteiger partial charge is 0.220 e. The molecule has 0 saturated heterocycles. The predicted molar refractivity (Wildman–Crippen MR) is 73.4 cm³/mol. The lowest BCUT2D eigenvalue weighted by atomic mass is 10.2. The van der Waals surface area contributed by atoms with Gasteiger partial charge in [0.2, 0.25) is 5.16 Å². The van der Waals surface area contributed by atoms with Crippen molar-refractivity contribution < 1.29 is 0 Å². The monoisotopic (exact) mass is 262 g/mol. The van der Waals surface area contributed by atoms with E-state index in [1.807, 2.05) is 10.7 Å². The molecular weight excluding hydrogens is 244 g/mol. The van der Waals surface area contributed by atoms with Crippen molar-refractivity contribution in [1.82, 2.24) is 20.2 Å². The zero-order chi connectivity index (χ0) is 13.0. The smallest absolute Gasteiger partial charge is 0.209 e. The molecule has 1 aromatic carbocycles. The van der Waals surface area contributed by atoms with Gasteiger partial charge in [-0.15, -0.1) is 5.10 Å². The Bertz CT molecular complexity index is 481. The minimum absolute atomic E-state index is 0.350. The topological polar surface area (TPSA) is 43.6 Å². The maximum atomic E-state index is 4.10. The molecule has 4 nitrogen and oxygen atoms in total. The molecule has 1 unspecified atom stereocenters. The average Bonchev–Trinajstić information content (AvgIpc) is 2.77. The van der Waals surface area contributed by atoms with Crippen molar-refractivity contribution in [2.75, 3.05) is 0 Å². The van der Waals surface area contributed by atoms with E-state index in [0.717, 1.165) is 11.7 Å². The third kappa shape index (κ3) is 3.32. The molecule has 0 fully saturated rings. The van der Waals surface area contributed by atoms with Crippen LogP contribution in [0, 0.1) is 5.92 Å². The molecule has 2 aromatic rings. The highest BCUT2D eigenvalue weighted by Crippen LogP contribution is 2.32. The number of aromatic nitrogens is 4. The highest BCUT2D eigenvalue weighted by atomic mass is 32.2. The van der Waals surface area contributed by atoms with Gasteiger partial charge in [-0.2, -0.15) is 0 Å². The summed E-state index contributed by atoms with van der Waals surface area (Å²) in [6.07, 6.45) is 0. The number of tetrazole rings is 1. The SMILES string of the molecule is CC(C)Cn1nnnc1SC(C)c1ccccc1. The lowest BCUT2D eigenvalue weighted by molar-refractivity contribution is 0.445. The summed E-state index contributed by atoms with van der Waals surface area (Å²) in [6, 6.07) is 10.4. The summed E-state index contributed by atoms with van der Waals surface area (Å²) in [6.45, 7) is 7.36. The Morgan fingerprint density at radius 2 is 1.89 bits per heavy atom. The standard InChI is InChI=1S/C13H18N4S/c1-10(2)9-17-13(14-15-16-17)18-11(3)12-7-5-4-6-8-12/h4-8,10-11H,9H2,1-3H3. The van der Waals surface area contributed by atoms with E-state index < -0.39 is 0 Å². The molecule has 1 aromatic heterocycles. The van der Waals surface area contributed by atoms with Crippen LogP contribution < -0.4 is 0 Å². The molecule has 1 heterocycles. The van der Waals surface area contributed by atoms with Crippen LogP contribution in [-0.4, -0.2) is 20.2 Å². The molecule has 0 spiro atoms. The fraction of sp³-hybridized carbons (Fsp3) is 0.462. The molecule has 0 amide bonds. The third-order valence-electron chi connectivity index (χ3n) is 2.59. The first-order valence-electron chi connectivity index (χ1n) is 6.14. The van der Waals surface area contributed by atoms with Crippen LogP contribution >= 0.6 is 11.8 Å². The number of nitrogens with zero attached hydrogens (tertiary/aromatic N) is 4. The summed E-state index contributed by atoms with van der Waals surface area (Å²) in [7, 11) is 0. The van der Waals surface area contributed by atoms with Crippen LogP contribution in [0.25, 0.3) is 0 Å². The van der Waals surface area contributed by atoms with E-state index in [2.05, 4.69) is 60.6 Å². The Labute approximate surface area is 112 Å². The van der Waals surface area contributed by atoms with Crippen LogP contribution in [0.4, 0.5) is 0 Å². The van der Waals surface area contributed by atoms with Crippen LogP contribution in [0.2, 0.25) is 0 Å². The van der Waals surface area contributed by atoms with Crippen LogP contribution in [0.15, 0.2) is 35.5 Å². The molecule has 18 heavy (non-hydrogen) atoms. The van der Waals surface area contributed by atoms with E-state index in [4.69, 9.17) is 0 Å². The normalized spacial score (nSPS) is 12.9. The first-order chi connectivity index (χ1) is 8.66. The van der Waals surface area contributed by atoms with Gasteiger partial charge in [-0.1, -0.05) is 55.9 Å². The molecule has 0 saturated carbocycles. The predicted octanol–water partition coefficient (Wildman–Crippen LogP) is 3.18. The van der Waals surface area contributed by atoms with Gasteiger partial charge in [0.15, 0.2) is 0 Å². The number of hydrogen-bond donors (Lipinski definition) is 0. The fourth-order valence-electron chi connectivity index (χ4n) is 1.69. The molecular formula is C13H18N4S. The molecule has 0 N–H and O–H groups in total. The first kappa shape index (κ1) is 13.1. The van der Waals surface area contributed by atoms with Crippen LogP contribution in [0.5, 0.6) is 0 Å². The van der Waals surface area contributed by atoms with E-state index >= 15 is 0 Å². The fourth-order valence-corrected chi connectivity index (χ4v) is 2.62. The maximum Gasteiger partial charge on any atom is 0.209 e. The van der Waals surface area contributed by atoms with Crippen LogP contribution in [-0.2, 0) is 6.54 Å². The molecule has 0 bridgehead atoms. The Balaban J connectivity index is 2.08. The second kappa shape index (κ2) is 6.00. The third-order valence-corrected chi connectivity index (χ3v) is 3.72. The summed E-state index contributed by atoms with van der Waals surface area (Å²) in [5, 5.41) is 13.1. The van der Waals surface area contributed by atoms with E-state index in [9.17, 15) is 0 Å². The molecule has 1 atom stereocenters. The summed E-state index contributed by atoms with van der Waals surface area (Å²) in [4.78, 5) is 0. The van der Waals surface area contributed by atoms with E-state index in [0.29, 0.717) is 11.2 Å². The molecule has 5 heteroatoms. The zero-order valence-electron chi connectivity index (χ0n) is 10.9. The van der Waals surface area contributed by atoms with Crippen LogP contribution in [0.3, 0.4) is 0 Å². The summed E-state index contributed by atoms with van der Waals surface area (Å²) in [5.74, 6) is 0.542. The Kier molecular flexibility index (Phi) is 4.36. The Morgan fingerprint density at radius 1 is 1.17 bits per heavy atom. The number of hydrogen-bond acceptors (Lipinski definition) is 4. The lowest BCUT2D eigenvalue weighted by Crippen LogP contribution is -2.08.